The summed E-state index contributed by atoms with van der Waals surface area (Å²) in [7, 11) is 3.36. The minimum Gasteiger partial charge on any atom is -0.491 e. The van der Waals surface area contributed by atoms with Gasteiger partial charge >= 0.3 is 6.03 Å². The number of urea groups is 1. The summed E-state index contributed by atoms with van der Waals surface area (Å²) in [5, 5.41) is 8.77. The van der Waals surface area contributed by atoms with Crippen molar-refractivity contribution in [1.29, 1.82) is 0 Å². The summed E-state index contributed by atoms with van der Waals surface area (Å²) in [6.45, 7) is 5.63. The van der Waals surface area contributed by atoms with Crippen LogP contribution in [0.1, 0.15) is 24.2 Å². The van der Waals surface area contributed by atoms with Crippen LogP contribution in [0, 0.1) is 11.7 Å². The number of ether oxygens (including phenoxy) is 2. The molecule has 0 bridgehead atoms. The zero-order valence-electron chi connectivity index (χ0n) is 19.4. The van der Waals surface area contributed by atoms with Crippen LogP contribution in [0.3, 0.4) is 0 Å². The van der Waals surface area contributed by atoms with Gasteiger partial charge in [-0.25, -0.2) is 9.18 Å². The second kappa shape index (κ2) is 11.1. The number of likely N-dealkylation sites (N-methyl/N-ethyl adjacent to an activating group) is 1. The van der Waals surface area contributed by atoms with E-state index in [-0.39, 0.29) is 24.0 Å². The second-order valence-corrected chi connectivity index (χ2v) is 8.35. The zero-order valence-corrected chi connectivity index (χ0v) is 19.4. The molecule has 1 aliphatic rings. The average molecular weight is 459 g/mol. The summed E-state index contributed by atoms with van der Waals surface area (Å²) in [5.41, 5.74) is 1.21. The predicted octanol–water partition coefficient (Wildman–Crippen LogP) is 3.56. The number of anilines is 2. The minimum atomic E-state index is -0.512. The van der Waals surface area contributed by atoms with Crippen LogP contribution in [0.2, 0.25) is 0 Å². The zero-order chi connectivity index (χ0) is 24.0. The Balaban J connectivity index is 1.81. The monoisotopic (exact) mass is 458 g/mol. The molecule has 0 saturated heterocycles. The molecule has 1 aliphatic heterocycles. The van der Waals surface area contributed by atoms with E-state index in [2.05, 4.69) is 22.9 Å². The van der Waals surface area contributed by atoms with Gasteiger partial charge in [-0.1, -0.05) is 6.92 Å². The Morgan fingerprint density at radius 2 is 1.82 bits per heavy atom. The molecule has 0 saturated carbocycles. The molecule has 3 rings (SSSR count). The van der Waals surface area contributed by atoms with Crippen LogP contribution in [0.25, 0.3) is 0 Å². The van der Waals surface area contributed by atoms with E-state index in [0.717, 1.165) is 6.54 Å². The maximum atomic E-state index is 13.3. The van der Waals surface area contributed by atoms with E-state index in [9.17, 15) is 14.0 Å². The Kier molecular flexibility index (Phi) is 8.24. The summed E-state index contributed by atoms with van der Waals surface area (Å²) in [6.07, 6.45) is -0.134. The van der Waals surface area contributed by atoms with Crippen molar-refractivity contribution in [3.63, 3.8) is 0 Å². The topological polar surface area (TPSA) is 91.9 Å². The third-order valence-corrected chi connectivity index (χ3v) is 5.58. The van der Waals surface area contributed by atoms with Gasteiger partial charge in [-0.3, -0.25) is 4.79 Å². The van der Waals surface area contributed by atoms with Crippen molar-refractivity contribution in [2.75, 3.05) is 44.5 Å². The van der Waals surface area contributed by atoms with Gasteiger partial charge in [0.05, 0.1) is 11.7 Å². The van der Waals surface area contributed by atoms with Crippen LogP contribution in [0.5, 0.6) is 5.75 Å². The molecule has 3 N–H and O–H groups in total. The lowest BCUT2D eigenvalue weighted by Crippen LogP contribution is -2.44. The van der Waals surface area contributed by atoms with Crippen molar-refractivity contribution >= 4 is 23.3 Å². The average Bonchev–Trinajstić information content (AvgIpc) is 2.80. The second-order valence-electron chi connectivity index (χ2n) is 8.35. The fourth-order valence-electron chi connectivity index (χ4n) is 3.56. The van der Waals surface area contributed by atoms with Gasteiger partial charge in [-0.05, 0) is 55.3 Å². The Bertz CT molecular complexity index is 969. The first-order chi connectivity index (χ1) is 15.8. The van der Waals surface area contributed by atoms with Crippen molar-refractivity contribution in [2.24, 2.45) is 5.92 Å². The molecule has 2 aromatic carbocycles. The molecule has 0 aliphatic carbocycles. The Morgan fingerprint density at radius 1 is 1.15 bits per heavy atom. The number of nitrogens with zero attached hydrogens (tertiary/aromatic N) is 1. The number of carbonyl (C=O) groups excluding carboxylic acids is 2. The molecule has 3 amide bonds. The number of hydrogen-bond acceptors (Lipinski definition) is 5. The van der Waals surface area contributed by atoms with Crippen LogP contribution in [-0.2, 0) is 4.74 Å². The van der Waals surface area contributed by atoms with Gasteiger partial charge in [0, 0.05) is 44.7 Å². The SMILES string of the molecule is CO[C@H]1CN(C)C(=O)c2cc(NC(=O)Nc3ccc(F)cc3)ccc2OC[C@H](C)NC[C@H]1C. The molecular weight excluding hydrogens is 427 g/mol. The lowest BCUT2D eigenvalue weighted by atomic mass is 10.0. The molecule has 2 aromatic rings. The van der Waals surface area contributed by atoms with Crippen molar-refractivity contribution in [3.8, 4) is 5.75 Å². The van der Waals surface area contributed by atoms with Crippen LogP contribution in [0.4, 0.5) is 20.6 Å². The molecule has 3 atom stereocenters. The number of fused-ring (bicyclic) bond motifs is 1. The molecule has 0 fully saturated rings. The highest BCUT2D eigenvalue weighted by molar-refractivity contribution is 6.02. The maximum absolute atomic E-state index is 13.3. The van der Waals surface area contributed by atoms with E-state index in [0.29, 0.717) is 35.8 Å². The van der Waals surface area contributed by atoms with Crippen LogP contribution in [-0.4, -0.2) is 62.8 Å². The number of rotatable bonds is 3. The van der Waals surface area contributed by atoms with Gasteiger partial charge in [0.25, 0.3) is 5.91 Å². The quantitative estimate of drug-likeness (QED) is 0.654. The highest BCUT2D eigenvalue weighted by Crippen LogP contribution is 2.26. The Morgan fingerprint density at radius 3 is 2.52 bits per heavy atom. The van der Waals surface area contributed by atoms with Crippen LogP contribution >= 0.6 is 0 Å². The number of carbonyl (C=O) groups is 2. The van der Waals surface area contributed by atoms with Gasteiger partial charge in [-0.15, -0.1) is 0 Å². The van der Waals surface area contributed by atoms with Gasteiger partial charge in [0.15, 0.2) is 0 Å². The van der Waals surface area contributed by atoms with Crippen LogP contribution < -0.4 is 20.7 Å². The number of methoxy groups -OCH3 is 1. The summed E-state index contributed by atoms with van der Waals surface area (Å²) in [5.74, 6) is 0.00321. The number of hydrogen-bond donors (Lipinski definition) is 3. The molecule has 0 unspecified atom stereocenters. The molecule has 8 nitrogen and oxygen atoms in total. The van der Waals surface area contributed by atoms with Gasteiger partial charge in [0.2, 0.25) is 0 Å². The smallest absolute Gasteiger partial charge is 0.323 e. The lowest BCUT2D eigenvalue weighted by molar-refractivity contribution is 0.0281. The van der Waals surface area contributed by atoms with E-state index in [4.69, 9.17) is 9.47 Å². The van der Waals surface area contributed by atoms with Crippen molar-refractivity contribution in [3.05, 3.63) is 53.8 Å². The summed E-state index contributed by atoms with van der Waals surface area (Å²) in [4.78, 5) is 27.3. The van der Waals surface area contributed by atoms with E-state index in [1.54, 1.807) is 37.3 Å². The molecule has 0 spiro atoms. The highest BCUT2D eigenvalue weighted by Gasteiger charge is 2.25. The van der Waals surface area contributed by atoms with Crippen molar-refractivity contribution in [1.82, 2.24) is 10.2 Å². The first-order valence-electron chi connectivity index (χ1n) is 10.9. The summed E-state index contributed by atoms with van der Waals surface area (Å²) in [6, 6.07) is 9.93. The molecule has 0 aromatic heterocycles. The number of nitrogens with one attached hydrogen (secondary N) is 3. The third-order valence-electron chi connectivity index (χ3n) is 5.58. The Hall–Kier alpha value is -3.17. The fourth-order valence-corrected chi connectivity index (χ4v) is 3.56. The molecule has 33 heavy (non-hydrogen) atoms. The summed E-state index contributed by atoms with van der Waals surface area (Å²) < 4.78 is 24.6. The van der Waals surface area contributed by atoms with E-state index in [1.807, 2.05) is 6.92 Å². The lowest BCUT2D eigenvalue weighted by Gasteiger charge is -2.30. The molecule has 0 radical (unpaired) electrons. The van der Waals surface area contributed by atoms with E-state index >= 15 is 0 Å². The predicted molar refractivity (Wildman–Crippen MR) is 125 cm³/mol. The summed E-state index contributed by atoms with van der Waals surface area (Å²) >= 11 is 0. The standard InChI is InChI=1S/C24H31FN4O4/c1-15-12-26-16(2)14-33-21-10-9-19(11-20(21)23(30)29(3)13-22(15)32-4)28-24(31)27-18-7-5-17(25)6-8-18/h5-11,15-16,22,26H,12-14H2,1-4H3,(H2,27,28,31)/t15-,16+,22+/m1/s1. The number of benzene rings is 2. The first-order valence-corrected chi connectivity index (χ1v) is 10.9. The van der Waals surface area contributed by atoms with Crippen molar-refractivity contribution in [2.45, 2.75) is 26.0 Å². The number of halogens is 1. The van der Waals surface area contributed by atoms with E-state index in [1.165, 1.54) is 24.3 Å². The minimum absolute atomic E-state index is 0.0735. The third kappa shape index (κ3) is 6.66. The van der Waals surface area contributed by atoms with Crippen molar-refractivity contribution < 1.29 is 23.5 Å². The molecular formula is C24H31FN4O4. The Labute approximate surface area is 193 Å². The van der Waals surface area contributed by atoms with Crippen LogP contribution in [0.15, 0.2) is 42.5 Å². The molecule has 1 heterocycles. The molecule has 178 valence electrons. The fraction of sp³-hybridized carbons (Fsp3) is 0.417. The first kappa shape index (κ1) is 24.5. The molecule has 9 heteroatoms. The van der Waals surface area contributed by atoms with E-state index < -0.39 is 11.8 Å². The maximum Gasteiger partial charge on any atom is 0.323 e. The van der Waals surface area contributed by atoms with Gasteiger partial charge in [0.1, 0.15) is 18.2 Å². The van der Waals surface area contributed by atoms with Gasteiger partial charge < -0.3 is 30.3 Å². The highest BCUT2D eigenvalue weighted by atomic mass is 19.1. The largest absolute Gasteiger partial charge is 0.491 e. The normalized spacial score (nSPS) is 21.8. The van der Waals surface area contributed by atoms with Gasteiger partial charge in [-0.2, -0.15) is 0 Å². The number of amides is 3.